The standard InChI is InChI=1S/C26H34ClF6N9O/c1-3-18-11-19(14-41(18)22-21(27)12-36-24(37-22)40-6-4-20(43)5-7-40)42(23(34)38-39(2)35)13-15-8-16(25(28,29)30)10-17(9-15)26(31,32)33/h8-10,12,18-20,43H,3-7,11,13-14,35H2,1-2H3,(H2,34,38). The fourth-order valence-corrected chi connectivity index (χ4v) is 5.66. The molecule has 0 amide bonds. The first-order valence-electron chi connectivity index (χ1n) is 13.7. The summed E-state index contributed by atoms with van der Waals surface area (Å²) in [5.41, 5.74) is 3.15. The van der Waals surface area contributed by atoms with E-state index in [0.717, 1.165) is 5.12 Å². The van der Waals surface area contributed by atoms with Gasteiger partial charge in [0.15, 0.2) is 5.82 Å². The SMILES string of the molecule is CCC1CC(N(Cc2cc(C(F)(F)F)cc(C(F)(F)F)c2)/C(N)=N/N(C)N)CN1c1nc(N2CCC(O)CC2)ncc1Cl. The predicted molar refractivity (Wildman–Crippen MR) is 150 cm³/mol. The number of hydrazine groups is 1. The van der Waals surface area contributed by atoms with Gasteiger partial charge in [-0.05, 0) is 49.4 Å². The van der Waals surface area contributed by atoms with Gasteiger partial charge in [0.05, 0.1) is 29.5 Å². The van der Waals surface area contributed by atoms with Crippen LogP contribution in [0.3, 0.4) is 0 Å². The van der Waals surface area contributed by atoms with Crippen LogP contribution < -0.4 is 21.4 Å². The minimum Gasteiger partial charge on any atom is -0.393 e. The third kappa shape index (κ3) is 7.84. The number of hydrazone groups is 1. The van der Waals surface area contributed by atoms with Crippen LogP contribution in [-0.4, -0.2) is 75.9 Å². The van der Waals surface area contributed by atoms with E-state index in [0.29, 0.717) is 62.7 Å². The first-order valence-corrected chi connectivity index (χ1v) is 14.0. The molecule has 0 saturated carbocycles. The summed E-state index contributed by atoms with van der Waals surface area (Å²) in [5, 5.41) is 15.0. The minimum absolute atomic E-state index is 0.0844. The lowest BCUT2D eigenvalue weighted by molar-refractivity contribution is -0.143. The summed E-state index contributed by atoms with van der Waals surface area (Å²) < 4.78 is 81.4. The third-order valence-corrected chi connectivity index (χ3v) is 7.86. The number of nitrogens with zero attached hydrogens (tertiary/aromatic N) is 7. The van der Waals surface area contributed by atoms with E-state index in [1.807, 2.05) is 16.7 Å². The van der Waals surface area contributed by atoms with Crippen LogP contribution in [0.5, 0.6) is 0 Å². The number of aromatic nitrogens is 2. The summed E-state index contributed by atoms with van der Waals surface area (Å²) in [7, 11) is 1.38. The maximum atomic E-state index is 13.6. The molecule has 2 aliphatic heterocycles. The maximum absolute atomic E-state index is 13.6. The molecule has 2 fully saturated rings. The number of benzene rings is 1. The molecule has 2 atom stereocenters. The fourth-order valence-electron chi connectivity index (χ4n) is 5.46. The van der Waals surface area contributed by atoms with Crippen LogP contribution in [0.1, 0.15) is 49.3 Å². The van der Waals surface area contributed by atoms with Gasteiger partial charge in [-0.15, -0.1) is 5.10 Å². The molecular formula is C26H34ClF6N9O. The summed E-state index contributed by atoms with van der Waals surface area (Å²) in [4.78, 5) is 14.4. The topological polar surface area (TPSA) is 123 Å². The molecule has 0 bridgehead atoms. The van der Waals surface area contributed by atoms with Crippen LogP contribution in [0.15, 0.2) is 29.5 Å². The Hall–Kier alpha value is -3.24. The first kappa shape index (κ1) is 32.7. The molecule has 2 saturated heterocycles. The van der Waals surface area contributed by atoms with Crippen molar-refractivity contribution in [3.05, 3.63) is 46.1 Å². The number of halogens is 7. The zero-order valence-corrected chi connectivity index (χ0v) is 24.3. The van der Waals surface area contributed by atoms with Crippen molar-refractivity contribution in [3.8, 4) is 0 Å². The monoisotopic (exact) mass is 637 g/mol. The zero-order valence-electron chi connectivity index (χ0n) is 23.6. The van der Waals surface area contributed by atoms with Crippen molar-refractivity contribution in [2.24, 2.45) is 16.7 Å². The molecule has 238 valence electrons. The molecule has 1 aromatic carbocycles. The van der Waals surface area contributed by atoms with Crippen molar-refractivity contribution in [3.63, 3.8) is 0 Å². The largest absolute Gasteiger partial charge is 0.416 e. The highest BCUT2D eigenvalue weighted by atomic mass is 35.5. The number of hydrogen-bond acceptors (Lipinski definition) is 8. The zero-order chi connectivity index (χ0) is 31.7. The van der Waals surface area contributed by atoms with E-state index in [9.17, 15) is 31.4 Å². The summed E-state index contributed by atoms with van der Waals surface area (Å²) in [5.74, 6) is 6.35. The van der Waals surface area contributed by atoms with Gasteiger partial charge in [-0.1, -0.05) is 18.5 Å². The van der Waals surface area contributed by atoms with Crippen LogP contribution in [-0.2, 0) is 18.9 Å². The Bertz CT molecular complexity index is 1270. The first-order chi connectivity index (χ1) is 20.1. The Labute approximate surface area is 249 Å². The van der Waals surface area contributed by atoms with Crippen LogP contribution in [0.4, 0.5) is 38.1 Å². The highest BCUT2D eigenvalue weighted by molar-refractivity contribution is 6.32. The van der Waals surface area contributed by atoms with E-state index in [-0.39, 0.29) is 41.3 Å². The van der Waals surface area contributed by atoms with E-state index in [1.54, 1.807) is 0 Å². The summed E-state index contributed by atoms with van der Waals surface area (Å²) in [6.45, 7) is 2.91. The number of anilines is 2. The molecule has 1 aromatic heterocycles. The minimum atomic E-state index is -5.00. The van der Waals surface area contributed by atoms with Gasteiger partial charge < -0.3 is 25.5 Å². The molecular weight excluding hydrogens is 604 g/mol. The Kier molecular flexibility index (Phi) is 9.71. The number of aliphatic hydroxyl groups is 1. The second kappa shape index (κ2) is 12.8. The number of rotatable bonds is 7. The maximum Gasteiger partial charge on any atom is 0.416 e. The number of alkyl halides is 6. The quantitative estimate of drug-likeness (QED) is 0.136. The average Bonchev–Trinajstić information content (AvgIpc) is 3.35. The molecule has 5 N–H and O–H groups in total. The van der Waals surface area contributed by atoms with Crippen molar-refractivity contribution >= 4 is 29.3 Å². The lowest BCUT2D eigenvalue weighted by Gasteiger charge is -2.32. The summed E-state index contributed by atoms with van der Waals surface area (Å²) in [6.07, 6.45) is -6.70. The van der Waals surface area contributed by atoms with Crippen molar-refractivity contribution in [1.29, 1.82) is 0 Å². The van der Waals surface area contributed by atoms with Gasteiger partial charge in [-0.25, -0.2) is 15.9 Å². The Morgan fingerprint density at radius 1 is 1.12 bits per heavy atom. The second-order valence-corrected chi connectivity index (χ2v) is 11.1. The van der Waals surface area contributed by atoms with Crippen molar-refractivity contribution < 1.29 is 31.4 Å². The molecule has 4 rings (SSSR count). The van der Waals surface area contributed by atoms with Crippen LogP contribution in [0.2, 0.25) is 5.02 Å². The lowest BCUT2D eigenvalue weighted by atomic mass is 10.0. The Morgan fingerprint density at radius 3 is 2.26 bits per heavy atom. The van der Waals surface area contributed by atoms with E-state index in [1.165, 1.54) is 18.1 Å². The smallest absolute Gasteiger partial charge is 0.393 e. The van der Waals surface area contributed by atoms with E-state index in [2.05, 4.69) is 10.1 Å². The van der Waals surface area contributed by atoms with Crippen LogP contribution in [0.25, 0.3) is 0 Å². The Morgan fingerprint density at radius 2 is 1.72 bits per heavy atom. The van der Waals surface area contributed by atoms with Gasteiger partial charge >= 0.3 is 12.4 Å². The summed E-state index contributed by atoms with van der Waals surface area (Å²) in [6, 6.07) is 0.786. The van der Waals surface area contributed by atoms with Crippen LogP contribution in [0, 0.1) is 0 Å². The number of piperidine rings is 1. The lowest BCUT2D eigenvalue weighted by Crippen LogP contribution is -2.47. The van der Waals surface area contributed by atoms with E-state index in [4.69, 9.17) is 28.2 Å². The molecule has 0 spiro atoms. The molecule has 43 heavy (non-hydrogen) atoms. The average molecular weight is 638 g/mol. The number of nitrogens with two attached hydrogens (primary N) is 2. The molecule has 2 unspecified atom stereocenters. The highest BCUT2D eigenvalue weighted by Crippen LogP contribution is 2.38. The van der Waals surface area contributed by atoms with Crippen molar-refractivity contribution in [1.82, 2.24) is 20.0 Å². The second-order valence-electron chi connectivity index (χ2n) is 10.7. The highest BCUT2D eigenvalue weighted by Gasteiger charge is 2.40. The third-order valence-electron chi connectivity index (χ3n) is 7.59. The molecule has 2 aromatic rings. The van der Waals surface area contributed by atoms with Gasteiger partial charge in [0, 0.05) is 39.3 Å². The van der Waals surface area contributed by atoms with E-state index >= 15 is 0 Å². The van der Waals surface area contributed by atoms with Crippen molar-refractivity contribution in [2.75, 3.05) is 36.5 Å². The van der Waals surface area contributed by atoms with Gasteiger partial charge in [-0.3, -0.25) is 0 Å². The number of hydrogen-bond donors (Lipinski definition) is 3. The van der Waals surface area contributed by atoms with Gasteiger partial charge in [-0.2, -0.15) is 31.3 Å². The molecule has 10 nitrogen and oxygen atoms in total. The van der Waals surface area contributed by atoms with Crippen LogP contribution >= 0.6 is 11.6 Å². The van der Waals surface area contributed by atoms with Gasteiger partial charge in [0.2, 0.25) is 11.9 Å². The normalized spacial score (nSPS) is 20.6. The molecule has 0 radical (unpaired) electrons. The predicted octanol–water partition coefficient (Wildman–Crippen LogP) is 4.02. The summed E-state index contributed by atoms with van der Waals surface area (Å²) >= 11 is 6.55. The van der Waals surface area contributed by atoms with Gasteiger partial charge in [0.1, 0.15) is 5.02 Å². The van der Waals surface area contributed by atoms with Crippen molar-refractivity contribution in [2.45, 2.75) is 69.7 Å². The fraction of sp³-hybridized carbons (Fsp3) is 0.577. The molecule has 17 heteroatoms. The van der Waals surface area contributed by atoms with Gasteiger partial charge in [0.25, 0.3) is 0 Å². The Balaban J connectivity index is 1.68. The molecule has 2 aliphatic rings. The molecule has 3 heterocycles. The molecule has 0 aliphatic carbocycles. The number of guanidine groups is 1. The van der Waals surface area contributed by atoms with E-state index < -0.39 is 36.1 Å². The number of aliphatic hydroxyl groups excluding tert-OH is 1.